The zero-order chi connectivity index (χ0) is 28.5. The van der Waals surface area contributed by atoms with E-state index >= 15 is 0 Å². The van der Waals surface area contributed by atoms with Crippen molar-refractivity contribution >= 4 is 55.9 Å². The number of rotatable bonds is 3. The fourth-order valence-electron chi connectivity index (χ4n) is 5.40. The van der Waals surface area contributed by atoms with Crippen molar-refractivity contribution in [3.63, 3.8) is 0 Å². The van der Waals surface area contributed by atoms with Gasteiger partial charge in [0.25, 0.3) is 0 Å². The molecule has 0 spiro atoms. The molecule has 1 atom stereocenters. The van der Waals surface area contributed by atoms with Gasteiger partial charge in [0.1, 0.15) is 11.6 Å². The zero-order valence-electron chi connectivity index (χ0n) is 21.0. The van der Waals surface area contributed by atoms with Crippen molar-refractivity contribution in [1.82, 2.24) is 19.4 Å². The van der Waals surface area contributed by atoms with Gasteiger partial charge in [-0.05, 0) is 31.2 Å². The van der Waals surface area contributed by atoms with Crippen molar-refractivity contribution in [2.75, 3.05) is 36.8 Å². The number of hydrogen-bond acceptors (Lipinski definition) is 7. The summed E-state index contributed by atoms with van der Waals surface area (Å²) in [6.45, 7) is 6.39. The number of H-pyrrole nitrogens is 1. The average Bonchev–Trinajstić information content (AvgIpc) is 3.32. The lowest BCUT2D eigenvalue weighted by Crippen LogP contribution is -2.49. The molecule has 2 aromatic carbocycles. The number of hydrogen-bond donors (Lipinski definition) is 1. The van der Waals surface area contributed by atoms with E-state index in [1.165, 1.54) is 28.5 Å². The number of carbonyl (C=O) groups is 1. The minimum absolute atomic E-state index is 0.0231. The summed E-state index contributed by atoms with van der Waals surface area (Å²) in [6, 6.07) is 2.91. The minimum atomic E-state index is -4.83. The third kappa shape index (κ3) is 4.12. The lowest BCUT2D eigenvalue weighted by atomic mass is 9.95. The van der Waals surface area contributed by atoms with E-state index in [1.54, 1.807) is 16.7 Å². The topological polar surface area (TPSA) is 91.3 Å². The third-order valence-electron chi connectivity index (χ3n) is 7.23. The maximum atomic E-state index is 14.8. The summed E-state index contributed by atoms with van der Waals surface area (Å²) >= 11 is 1.76. The van der Waals surface area contributed by atoms with E-state index in [2.05, 4.69) is 16.5 Å². The Morgan fingerprint density at radius 1 is 1.20 bits per heavy atom. The van der Waals surface area contributed by atoms with Gasteiger partial charge in [0.2, 0.25) is 5.91 Å². The molecule has 1 N–H and O–H groups in total. The van der Waals surface area contributed by atoms with Crippen LogP contribution in [0.1, 0.15) is 18.5 Å². The van der Waals surface area contributed by atoms with Crippen molar-refractivity contribution < 1.29 is 22.4 Å². The number of piperazine rings is 1. The van der Waals surface area contributed by atoms with Crippen molar-refractivity contribution in [3.8, 4) is 11.1 Å². The number of thiazole rings is 1. The molecule has 4 heterocycles. The summed E-state index contributed by atoms with van der Waals surface area (Å²) < 4.78 is 60.2. The van der Waals surface area contributed by atoms with Gasteiger partial charge in [0.05, 0.1) is 21.3 Å². The Kier molecular flexibility index (Phi) is 6.29. The van der Waals surface area contributed by atoms with Gasteiger partial charge in [-0.3, -0.25) is 14.2 Å². The van der Waals surface area contributed by atoms with E-state index < -0.39 is 28.1 Å². The Bertz CT molecular complexity index is 1840. The molecule has 0 bridgehead atoms. The van der Waals surface area contributed by atoms with Crippen LogP contribution < -0.4 is 15.5 Å². The van der Waals surface area contributed by atoms with Crippen LogP contribution in [0.4, 0.5) is 23.4 Å². The molecule has 4 aromatic rings. The fraction of sp³-hybridized carbons (Fsp3) is 0.308. The van der Waals surface area contributed by atoms with Gasteiger partial charge >= 0.3 is 16.7 Å². The summed E-state index contributed by atoms with van der Waals surface area (Å²) in [5, 5.41) is 0.158. The molecule has 1 saturated heterocycles. The number of aromatic nitrogens is 3. The molecule has 40 heavy (non-hydrogen) atoms. The first kappa shape index (κ1) is 26.6. The Morgan fingerprint density at radius 2 is 1.93 bits per heavy atom. The van der Waals surface area contributed by atoms with Crippen molar-refractivity contribution in [2.24, 2.45) is 0 Å². The number of nitrogens with zero attached hydrogens (tertiary/aromatic N) is 4. The number of anilines is 1. The second-order valence-electron chi connectivity index (χ2n) is 9.60. The lowest BCUT2D eigenvalue weighted by molar-refractivity contribution is -0.137. The minimum Gasteiger partial charge on any atom is -0.352 e. The molecule has 0 unspecified atom stereocenters. The first-order chi connectivity index (χ1) is 19.0. The van der Waals surface area contributed by atoms with Crippen molar-refractivity contribution in [1.29, 1.82) is 0 Å². The van der Waals surface area contributed by atoms with Gasteiger partial charge in [0, 0.05) is 59.4 Å². The molecule has 208 valence electrons. The van der Waals surface area contributed by atoms with E-state index in [0.717, 1.165) is 12.1 Å². The number of carbonyl (C=O) groups excluding carboxylic acids is 1. The molecule has 2 aromatic heterocycles. The maximum Gasteiger partial charge on any atom is 0.417 e. The SMILES string of the molecule is C=CC(=O)N1CCN(c2nc(=O)n3c4c(c(-c5ccc(F)c6sc(=O)[nH]c56)c(C(F)(F)F)cc24)SC[C@@H]3C)CC1. The standard InChI is InChI=1S/C26H21F4N5O3S2/c1-3-17(36)33-6-8-34(9-7-33)23-14-10-15(26(28,29)30)18(13-4-5-16(27)21-19(13)31-25(38)40-21)22-20(14)35(24(37)32-23)12(2)11-39-22/h3-5,10,12H,1,6-9,11H2,2H3,(H,31,38)/t12-/m0/s1. The van der Waals surface area contributed by atoms with Crippen LogP contribution in [-0.4, -0.2) is 57.3 Å². The average molecular weight is 592 g/mol. The van der Waals surface area contributed by atoms with E-state index in [9.17, 15) is 31.9 Å². The van der Waals surface area contributed by atoms with E-state index in [1.807, 2.05) is 0 Å². The van der Waals surface area contributed by atoms with Gasteiger partial charge in [-0.1, -0.05) is 17.9 Å². The van der Waals surface area contributed by atoms with Crippen LogP contribution in [0.25, 0.3) is 32.2 Å². The molecule has 14 heteroatoms. The quantitative estimate of drug-likeness (QED) is 0.276. The molecule has 6 rings (SSSR count). The summed E-state index contributed by atoms with van der Waals surface area (Å²) in [7, 11) is 0. The van der Waals surface area contributed by atoms with Crippen LogP contribution in [0, 0.1) is 5.82 Å². The maximum absolute atomic E-state index is 14.8. The molecule has 0 saturated carbocycles. The van der Waals surface area contributed by atoms with Gasteiger partial charge < -0.3 is 14.8 Å². The molecule has 2 aliphatic heterocycles. The van der Waals surface area contributed by atoms with Crippen molar-refractivity contribution in [3.05, 3.63) is 62.4 Å². The van der Waals surface area contributed by atoms with Crippen LogP contribution in [0.15, 0.2) is 45.3 Å². The van der Waals surface area contributed by atoms with E-state index in [4.69, 9.17) is 0 Å². The van der Waals surface area contributed by atoms with Crippen LogP contribution >= 0.6 is 23.1 Å². The fourth-order valence-corrected chi connectivity index (χ4v) is 7.43. The Balaban J connectivity index is 1.67. The van der Waals surface area contributed by atoms with Crippen LogP contribution in [0.3, 0.4) is 0 Å². The molecule has 2 aliphatic rings. The highest BCUT2D eigenvalue weighted by atomic mass is 32.2. The second kappa shape index (κ2) is 9.47. The predicted octanol–water partition coefficient (Wildman–Crippen LogP) is 4.63. The van der Waals surface area contributed by atoms with Crippen molar-refractivity contribution in [2.45, 2.75) is 24.0 Å². The molecule has 1 fully saturated rings. The van der Waals surface area contributed by atoms with E-state index in [0.29, 0.717) is 35.7 Å². The van der Waals surface area contributed by atoms with Crippen LogP contribution in [0.2, 0.25) is 0 Å². The highest BCUT2D eigenvalue weighted by Crippen LogP contribution is 2.50. The first-order valence-electron chi connectivity index (χ1n) is 12.3. The van der Waals surface area contributed by atoms with Gasteiger partial charge in [-0.2, -0.15) is 18.2 Å². The number of halogens is 4. The highest BCUT2D eigenvalue weighted by molar-refractivity contribution is 7.99. The molecule has 0 aliphatic carbocycles. The third-order valence-corrected chi connectivity index (χ3v) is 9.45. The number of aromatic amines is 1. The molecule has 0 radical (unpaired) electrons. The smallest absolute Gasteiger partial charge is 0.352 e. The summed E-state index contributed by atoms with van der Waals surface area (Å²) in [5.41, 5.74) is -1.49. The number of benzene rings is 2. The van der Waals surface area contributed by atoms with Gasteiger partial charge in [0.15, 0.2) is 0 Å². The molecular weight excluding hydrogens is 570 g/mol. The van der Waals surface area contributed by atoms with Gasteiger partial charge in [-0.15, -0.1) is 11.8 Å². The number of thioether (sulfide) groups is 1. The predicted molar refractivity (Wildman–Crippen MR) is 147 cm³/mol. The van der Waals surface area contributed by atoms with E-state index in [-0.39, 0.29) is 62.5 Å². The molecular formula is C26H21F4N5O3S2. The second-order valence-corrected chi connectivity index (χ2v) is 11.6. The van der Waals surface area contributed by atoms with Gasteiger partial charge in [-0.25, -0.2) is 9.18 Å². The Labute approximate surface area is 231 Å². The largest absolute Gasteiger partial charge is 0.417 e. The lowest BCUT2D eigenvalue weighted by Gasteiger charge is -2.36. The summed E-state index contributed by atoms with van der Waals surface area (Å²) in [4.78, 5) is 47.1. The highest BCUT2D eigenvalue weighted by Gasteiger charge is 2.39. The number of amides is 1. The molecule has 1 amide bonds. The summed E-state index contributed by atoms with van der Waals surface area (Å²) in [6.07, 6.45) is -3.63. The Hall–Kier alpha value is -3.65. The summed E-state index contributed by atoms with van der Waals surface area (Å²) in [5.74, 6) is -0.549. The van der Waals surface area contributed by atoms with Crippen LogP contribution in [0.5, 0.6) is 0 Å². The number of nitrogens with one attached hydrogen (secondary N) is 1. The van der Waals surface area contributed by atoms with Crippen LogP contribution in [-0.2, 0) is 11.0 Å². The normalized spacial score (nSPS) is 17.6. The zero-order valence-corrected chi connectivity index (χ0v) is 22.6. The number of alkyl halides is 3. The Morgan fingerprint density at radius 3 is 2.60 bits per heavy atom. The molecule has 8 nitrogen and oxygen atoms in total. The first-order valence-corrected chi connectivity index (χ1v) is 14.1. The number of fused-ring (bicyclic) bond motifs is 1. The monoisotopic (exact) mass is 591 g/mol.